The maximum atomic E-state index is 13.1. The molecule has 0 radical (unpaired) electrons. The van der Waals surface area contributed by atoms with Gasteiger partial charge >= 0.3 is 17.1 Å². The van der Waals surface area contributed by atoms with Gasteiger partial charge in [0.15, 0.2) is 6.10 Å². The average Bonchev–Trinajstić information content (AvgIpc) is 3.80. The molecule has 1 saturated heterocycles. The van der Waals surface area contributed by atoms with Crippen LogP contribution in [0.2, 0.25) is 0 Å². The Morgan fingerprint density at radius 3 is 2.41 bits per heavy atom. The Balaban J connectivity index is 0.000000285. The molecule has 2 heterocycles. The summed E-state index contributed by atoms with van der Waals surface area (Å²) in [5.41, 5.74) is 4.55. The lowest BCUT2D eigenvalue weighted by Crippen LogP contribution is -2.51. The quantitative estimate of drug-likeness (QED) is 0.223. The molecule has 1 aliphatic carbocycles. The number of primary amides is 1. The van der Waals surface area contributed by atoms with Crippen molar-refractivity contribution in [3.05, 3.63) is 73.4 Å². The zero-order valence-electron chi connectivity index (χ0n) is 23.9. The van der Waals surface area contributed by atoms with E-state index in [1.807, 2.05) is 13.8 Å². The van der Waals surface area contributed by atoms with Crippen LogP contribution < -0.4 is 27.0 Å². The van der Waals surface area contributed by atoms with Crippen LogP contribution >= 0.6 is 11.6 Å². The van der Waals surface area contributed by atoms with Crippen molar-refractivity contribution >= 4 is 51.2 Å². The standard InChI is InChI=1S/C21H27N5O5.C7H4ClNO4/c1-12(2)26-16-6-5-14(23-20(29)24-7-8-31-17(11-24)18(22)27)9-15(16)19(28)25(21(26)30)10-13-3-4-13;8-7(10)13-6-3-1-5(2-4-6)9(11)12/h5-6,9,12-13,17H,3-4,7-8,10-11H2,1-2H3,(H2,22,27)(H,23,29);1-4H. The van der Waals surface area contributed by atoms with Gasteiger partial charge in [0.05, 0.1) is 29.0 Å². The zero-order chi connectivity index (χ0) is 32.1. The summed E-state index contributed by atoms with van der Waals surface area (Å²) in [7, 11) is 0. The molecular weight excluding hydrogens is 600 g/mol. The van der Waals surface area contributed by atoms with E-state index in [0.717, 1.165) is 12.8 Å². The molecule has 1 saturated carbocycles. The minimum absolute atomic E-state index is 0.0653. The highest BCUT2D eigenvalue weighted by Crippen LogP contribution is 2.30. The predicted octanol–water partition coefficient (Wildman–Crippen LogP) is 3.20. The van der Waals surface area contributed by atoms with Gasteiger partial charge in [-0.05, 0) is 62.9 Å². The number of hydrogen-bond donors (Lipinski definition) is 2. The Hall–Kier alpha value is -4.76. The number of morpholine rings is 1. The maximum Gasteiger partial charge on any atom is 0.409 e. The lowest BCUT2D eigenvalue weighted by atomic mass is 10.2. The van der Waals surface area contributed by atoms with E-state index in [4.69, 9.17) is 22.1 Å². The van der Waals surface area contributed by atoms with Gasteiger partial charge in [-0.1, -0.05) is 0 Å². The first-order chi connectivity index (χ1) is 20.8. The fourth-order valence-electron chi connectivity index (χ4n) is 4.62. The van der Waals surface area contributed by atoms with Crippen molar-refractivity contribution in [2.45, 2.75) is 45.4 Å². The molecule has 3 aromatic rings. The van der Waals surface area contributed by atoms with Gasteiger partial charge in [-0.15, -0.1) is 0 Å². The molecule has 2 fully saturated rings. The number of benzene rings is 2. The normalized spacial score (nSPS) is 16.2. The SMILES string of the molecule is CC(C)n1c(=O)n(CC2CC2)c(=O)c2cc(NC(=O)N3CCOC(C(N)=O)C3)ccc21.O=C(Cl)Oc1ccc([N+](=O)[O-])cc1. The van der Waals surface area contributed by atoms with Crippen molar-refractivity contribution in [2.75, 3.05) is 25.0 Å². The number of nitro groups is 1. The highest BCUT2D eigenvalue weighted by Gasteiger charge is 2.28. The lowest BCUT2D eigenvalue weighted by Gasteiger charge is -2.31. The maximum absolute atomic E-state index is 13.1. The first-order valence-corrected chi connectivity index (χ1v) is 14.1. The van der Waals surface area contributed by atoms with Gasteiger partial charge in [0.25, 0.3) is 11.2 Å². The van der Waals surface area contributed by atoms with Gasteiger partial charge in [0, 0.05) is 48.6 Å². The highest BCUT2D eigenvalue weighted by atomic mass is 35.5. The monoisotopic (exact) mass is 630 g/mol. The van der Waals surface area contributed by atoms with Crippen molar-refractivity contribution in [2.24, 2.45) is 11.7 Å². The Bertz CT molecular complexity index is 1700. The number of fused-ring (bicyclic) bond motifs is 1. The van der Waals surface area contributed by atoms with Crippen molar-refractivity contribution in [1.29, 1.82) is 0 Å². The molecule has 15 nitrogen and oxygen atoms in total. The smallest absolute Gasteiger partial charge is 0.409 e. The number of non-ortho nitro benzene ring substituents is 1. The van der Waals surface area contributed by atoms with Crippen LogP contribution in [0.15, 0.2) is 52.1 Å². The number of ether oxygens (including phenoxy) is 2. The fraction of sp³-hybridized carbons (Fsp3) is 0.393. The number of halogens is 1. The number of anilines is 1. The van der Waals surface area contributed by atoms with E-state index in [9.17, 15) is 34.1 Å². The fourth-order valence-corrected chi connectivity index (χ4v) is 4.71. The molecular formula is C28H31ClN6O9. The van der Waals surface area contributed by atoms with Crippen LogP contribution in [0.4, 0.5) is 21.0 Å². The van der Waals surface area contributed by atoms with Crippen molar-refractivity contribution < 1.29 is 28.8 Å². The largest absolute Gasteiger partial charge is 0.414 e. The summed E-state index contributed by atoms with van der Waals surface area (Å²) in [6.45, 7) is 4.82. The molecule has 1 unspecified atom stereocenters. The Labute approximate surface area is 255 Å². The summed E-state index contributed by atoms with van der Waals surface area (Å²) in [5, 5.41) is 13.4. The van der Waals surface area contributed by atoms with Gasteiger partial charge in [-0.2, -0.15) is 0 Å². The second kappa shape index (κ2) is 13.7. The third kappa shape index (κ3) is 7.79. The minimum atomic E-state index is -0.978. The van der Waals surface area contributed by atoms with Gasteiger partial charge in [0.2, 0.25) is 5.91 Å². The van der Waals surface area contributed by atoms with Gasteiger partial charge in [-0.3, -0.25) is 28.8 Å². The van der Waals surface area contributed by atoms with Crippen molar-refractivity contribution in [3.63, 3.8) is 0 Å². The first kappa shape index (κ1) is 32.2. The second-order valence-electron chi connectivity index (χ2n) is 10.6. The van der Waals surface area contributed by atoms with Crippen molar-refractivity contribution in [1.82, 2.24) is 14.0 Å². The molecule has 2 aliphatic rings. The number of carbonyl (C=O) groups excluding carboxylic acids is 3. The summed E-state index contributed by atoms with van der Waals surface area (Å²) in [4.78, 5) is 71.5. The number of urea groups is 1. The lowest BCUT2D eigenvalue weighted by molar-refractivity contribution is -0.384. The number of nitrogens with zero attached hydrogens (tertiary/aromatic N) is 4. The molecule has 2 aromatic carbocycles. The summed E-state index contributed by atoms with van der Waals surface area (Å²) >= 11 is 4.92. The number of carbonyl (C=O) groups is 3. The van der Waals surface area contributed by atoms with Crippen LogP contribution in [-0.2, 0) is 16.1 Å². The van der Waals surface area contributed by atoms with Crippen LogP contribution in [0.25, 0.3) is 10.9 Å². The molecule has 3 N–H and O–H groups in total. The van der Waals surface area contributed by atoms with Gasteiger partial charge in [0.1, 0.15) is 5.75 Å². The van der Waals surface area contributed by atoms with E-state index >= 15 is 0 Å². The number of rotatable bonds is 7. The molecule has 16 heteroatoms. The third-order valence-electron chi connectivity index (χ3n) is 6.99. The molecule has 44 heavy (non-hydrogen) atoms. The van der Waals surface area contributed by atoms with E-state index in [1.54, 1.807) is 22.8 Å². The van der Waals surface area contributed by atoms with Crippen molar-refractivity contribution in [3.8, 4) is 5.75 Å². The van der Waals surface area contributed by atoms with E-state index in [1.165, 1.54) is 33.7 Å². The number of nitro benzene ring substituents is 1. The molecule has 1 aliphatic heterocycles. The molecule has 1 aromatic heterocycles. The number of nitrogens with one attached hydrogen (secondary N) is 1. The zero-order valence-corrected chi connectivity index (χ0v) is 24.7. The first-order valence-electron chi connectivity index (χ1n) is 13.7. The highest BCUT2D eigenvalue weighted by molar-refractivity contribution is 6.61. The molecule has 1 atom stereocenters. The van der Waals surface area contributed by atoms with E-state index in [0.29, 0.717) is 35.6 Å². The molecule has 5 rings (SSSR count). The number of nitrogens with two attached hydrogens (primary N) is 1. The Morgan fingerprint density at radius 1 is 1.16 bits per heavy atom. The van der Waals surface area contributed by atoms with Crippen LogP contribution in [0.1, 0.15) is 32.7 Å². The molecule has 0 bridgehead atoms. The minimum Gasteiger partial charge on any atom is -0.414 e. The summed E-state index contributed by atoms with van der Waals surface area (Å²) in [6.07, 6.45) is 1.20. The van der Waals surface area contributed by atoms with E-state index in [2.05, 4.69) is 10.1 Å². The van der Waals surface area contributed by atoms with Crippen LogP contribution in [-0.4, -0.2) is 62.1 Å². The van der Waals surface area contributed by atoms with E-state index < -0.39 is 28.4 Å². The average molecular weight is 631 g/mol. The van der Waals surface area contributed by atoms with E-state index in [-0.39, 0.29) is 41.9 Å². The third-order valence-corrected chi connectivity index (χ3v) is 7.07. The molecule has 234 valence electrons. The summed E-state index contributed by atoms with van der Waals surface area (Å²) in [5.74, 6) is -0.0810. The molecule has 0 spiro atoms. The number of amides is 3. The van der Waals surface area contributed by atoms with Gasteiger partial charge in [-0.25, -0.2) is 14.4 Å². The number of aromatic nitrogens is 2. The topological polar surface area (TPSA) is 198 Å². The van der Waals surface area contributed by atoms with Gasteiger partial charge < -0.3 is 25.4 Å². The summed E-state index contributed by atoms with van der Waals surface area (Å²) < 4.78 is 12.6. The van der Waals surface area contributed by atoms with Crippen LogP contribution in [0.3, 0.4) is 0 Å². The van der Waals surface area contributed by atoms with Crippen LogP contribution in [0.5, 0.6) is 5.75 Å². The second-order valence-corrected chi connectivity index (χ2v) is 10.9. The molecule has 3 amide bonds. The Kier molecular flexibility index (Phi) is 10.0. The summed E-state index contributed by atoms with van der Waals surface area (Å²) in [6, 6.07) is 9.42. The van der Waals surface area contributed by atoms with Crippen LogP contribution in [0, 0.1) is 16.0 Å². The number of hydrogen-bond acceptors (Lipinski definition) is 9. The predicted molar refractivity (Wildman–Crippen MR) is 160 cm³/mol. The Morgan fingerprint density at radius 2 is 1.84 bits per heavy atom.